The second-order valence-electron chi connectivity index (χ2n) is 5.39. The van der Waals surface area contributed by atoms with Crippen molar-refractivity contribution in [1.82, 2.24) is 0 Å². The Morgan fingerprint density at radius 1 is 1.18 bits per heavy atom. The lowest BCUT2D eigenvalue weighted by Crippen LogP contribution is -2.10. The van der Waals surface area contributed by atoms with E-state index in [2.05, 4.69) is 25.1 Å². The Morgan fingerprint density at radius 3 is 2.50 bits per heavy atom. The third kappa shape index (κ3) is 5.28. The fourth-order valence-corrected chi connectivity index (χ4v) is 2.93. The summed E-state index contributed by atoms with van der Waals surface area (Å²) in [6, 6.07) is 6.53. The van der Waals surface area contributed by atoms with Crippen molar-refractivity contribution in [2.75, 3.05) is 20.1 Å². The van der Waals surface area contributed by atoms with E-state index < -0.39 is 0 Å². The van der Waals surface area contributed by atoms with Crippen LogP contribution in [0.5, 0.6) is 0 Å². The number of hydrogen-bond acceptors (Lipinski definition) is 3. The van der Waals surface area contributed by atoms with Crippen LogP contribution in [0.4, 0.5) is 0 Å². The molecule has 0 saturated heterocycles. The highest BCUT2D eigenvalue weighted by molar-refractivity contribution is 6.17. The monoisotopic (exact) mass is 323 g/mol. The van der Waals surface area contributed by atoms with Gasteiger partial charge in [0.25, 0.3) is 0 Å². The molecule has 1 unspecified atom stereocenters. The number of hydrogen-bond donors (Lipinski definition) is 0. The molecular formula is C18H26ClNO2. The smallest absolute Gasteiger partial charge is 0.0799 e. The second-order valence-corrected chi connectivity index (χ2v) is 5.77. The predicted molar refractivity (Wildman–Crippen MR) is 90.2 cm³/mol. The first-order valence-electron chi connectivity index (χ1n) is 7.77. The van der Waals surface area contributed by atoms with Crippen LogP contribution in [-0.2, 0) is 28.9 Å². The SMILES string of the molecule is COCc1ccc(CCCCl)c(CCCC#N)c1C(C)OC. The third-order valence-corrected chi connectivity index (χ3v) is 4.17. The summed E-state index contributed by atoms with van der Waals surface area (Å²) in [4.78, 5) is 0. The van der Waals surface area contributed by atoms with Crippen molar-refractivity contribution in [2.45, 2.75) is 51.7 Å². The minimum Gasteiger partial charge on any atom is -0.380 e. The quantitative estimate of drug-likeness (QED) is 0.468. The van der Waals surface area contributed by atoms with E-state index in [-0.39, 0.29) is 6.10 Å². The summed E-state index contributed by atoms with van der Waals surface area (Å²) in [6.07, 6.45) is 4.26. The average Bonchev–Trinajstić information content (AvgIpc) is 2.53. The molecule has 4 heteroatoms. The molecule has 1 aromatic carbocycles. The van der Waals surface area contributed by atoms with Crippen LogP contribution < -0.4 is 0 Å². The van der Waals surface area contributed by atoms with Gasteiger partial charge in [-0.15, -0.1) is 11.6 Å². The van der Waals surface area contributed by atoms with Crippen molar-refractivity contribution in [2.24, 2.45) is 0 Å². The lowest BCUT2D eigenvalue weighted by atomic mass is 9.88. The molecule has 1 aromatic rings. The average molecular weight is 324 g/mol. The van der Waals surface area contributed by atoms with Gasteiger partial charge in [-0.3, -0.25) is 0 Å². The number of halogens is 1. The van der Waals surface area contributed by atoms with Crippen molar-refractivity contribution < 1.29 is 9.47 Å². The van der Waals surface area contributed by atoms with Crippen molar-refractivity contribution in [3.05, 3.63) is 34.4 Å². The van der Waals surface area contributed by atoms with Gasteiger partial charge >= 0.3 is 0 Å². The molecule has 0 fully saturated rings. The van der Waals surface area contributed by atoms with E-state index in [4.69, 9.17) is 26.3 Å². The fourth-order valence-electron chi connectivity index (χ4n) is 2.79. The minimum absolute atomic E-state index is 0.0122. The highest BCUT2D eigenvalue weighted by Crippen LogP contribution is 2.30. The molecule has 0 aliphatic carbocycles. The number of alkyl halides is 1. The van der Waals surface area contributed by atoms with Crippen LogP contribution in [0.3, 0.4) is 0 Å². The van der Waals surface area contributed by atoms with Crippen LogP contribution in [-0.4, -0.2) is 20.1 Å². The van der Waals surface area contributed by atoms with Crippen LogP contribution in [0.1, 0.15) is 54.5 Å². The van der Waals surface area contributed by atoms with Gasteiger partial charge in [-0.1, -0.05) is 12.1 Å². The van der Waals surface area contributed by atoms with Crippen molar-refractivity contribution in [3.8, 4) is 6.07 Å². The number of rotatable bonds is 10. The maximum Gasteiger partial charge on any atom is 0.0799 e. The zero-order chi connectivity index (χ0) is 16.4. The number of methoxy groups -OCH3 is 2. The van der Waals surface area contributed by atoms with Gasteiger partial charge in [0.15, 0.2) is 0 Å². The highest BCUT2D eigenvalue weighted by Gasteiger charge is 2.18. The zero-order valence-electron chi connectivity index (χ0n) is 13.8. The first-order valence-corrected chi connectivity index (χ1v) is 8.31. The Balaban J connectivity index is 3.24. The Kier molecular flexibility index (Phi) is 9.15. The molecule has 0 heterocycles. The normalized spacial score (nSPS) is 12.1. The molecule has 0 saturated carbocycles. The predicted octanol–water partition coefficient (Wildman–Crippen LogP) is 4.56. The zero-order valence-corrected chi connectivity index (χ0v) is 14.6. The van der Waals surface area contributed by atoms with E-state index in [1.807, 2.05) is 0 Å². The highest BCUT2D eigenvalue weighted by atomic mass is 35.5. The molecule has 1 rings (SSSR count). The summed E-state index contributed by atoms with van der Waals surface area (Å²) >= 11 is 5.85. The Bertz CT molecular complexity index is 497. The summed E-state index contributed by atoms with van der Waals surface area (Å²) in [5.74, 6) is 0.659. The largest absolute Gasteiger partial charge is 0.380 e. The topological polar surface area (TPSA) is 42.2 Å². The van der Waals surface area contributed by atoms with Crippen LogP contribution in [0.2, 0.25) is 0 Å². The van der Waals surface area contributed by atoms with Gasteiger partial charge in [-0.25, -0.2) is 0 Å². The standard InChI is InChI=1S/C18H26ClNO2/c1-14(22-3)18-16(13-21-2)10-9-15(7-6-11-19)17(18)8-4-5-12-20/h9-10,14H,4-8,11,13H2,1-3H3. The number of ether oxygens (including phenoxy) is 2. The number of aryl methyl sites for hydroxylation is 1. The third-order valence-electron chi connectivity index (χ3n) is 3.90. The lowest BCUT2D eigenvalue weighted by Gasteiger charge is -2.22. The number of unbranched alkanes of at least 4 members (excludes halogenated alkanes) is 1. The van der Waals surface area contributed by atoms with Crippen LogP contribution in [0, 0.1) is 11.3 Å². The van der Waals surface area contributed by atoms with Gasteiger partial charge in [0, 0.05) is 26.5 Å². The molecule has 0 radical (unpaired) electrons. The lowest BCUT2D eigenvalue weighted by molar-refractivity contribution is 0.114. The van der Waals surface area contributed by atoms with E-state index in [0.717, 1.165) is 25.7 Å². The molecule has 0 aromatic heterocycles. The van der Waals surface area contributed by atoms with Gasteiger partial charge in [0.2, 0.25) is 0 Å². The molecule has 3 nitrogen and oxygen atoms in total. The molecule has 0 N–H and O–H groups in total. The van der Waals surface area contributed by atoms with Gasteiger partial charge in [-0.05, 0) is 54.9 Å². The van der Waals surface area contributed by atoms with Crippen LogP contribution >= 0.6 is 11.6 Å². The molecule has 1 atom stereocenters. The van der Waals surface area contributed by atoms with Crippen molar-refractivity contribution in [3.63, 3.8) is 0 Å². The van der Waals surface area contributed by atoms with E-state index in [1.165, 1.54) is 22.3 Å². The molecule has 0 amide bonds. The molecule has 122 valence electrons. The minimum atomic E-state index is 0.0122. The summed E-state index contributed by atoms with van der Waals surface area (Å²) in [6.45, 7) is 2.64. The summed E-state index contributed by atoms with van der Waals surface area (Å²) in [5, 5.41) is 8.81. The molecule has 0 aliphatic rings. The summed E-state index contributed by atoms with van der Waals surface area (Å²) in [7, 11) is 3.43. The number of benzene rings is 1. The first kappa shape index (κ1) is 19.0. The van der Waals surface area contributed by atoms with Crippen LogP contribution in [0.15, 0.2) is 12.1 Å². The summed E-state index contributed by atoms with van der Waals surface area (Å²) < 4.78 is 10.9. The molecule has 22 heavy (non-hydrogen) atoms. The number of nitriles is 1. The Morgan fingerprint density at radius 2 is 1.91 bits per heavy atom. The Labute approximate surface area is 139 Å². The van der Waals surface area contributed by atoms with Gasteiger partial charge in [0.1, 0.15) is 0 Å². The molecular weight excluding hydrogens is 298 g/mol. The Hall–Kier alpha value is -1.08. The maximum absolute atomic E-state index is 8.81. The molecule has 0 bridgehead atoms. The molecule has 0 spiro atoms. The van der Waals surface area contributed by atoms with Gasteiger partial charge in [0.05, 0.1) is 18.8 Å². The van der Waals surface area contributed by atoms with Crippen molar-refractivity contribution in [1.29, 1.82) is 5.26 Å². The first-order chi connectivity index (χ1) is 10.7. The van der Waals surface area contributed by atoms with E-state index >= 15 is 0 Å². The van der Waals surface area contributed by atoms with Gasteiger partial charge in [-0.2, -0.15) is 5.26 Å². The second kappa shape index (κ2) is 10.6. The van der Waals surface area contributed by atoms with E-state index in [0.29, 0.717) is 18.9 Å². The van der Waals surface area contributed by atoms with Crippen LogP contribution in [0.25, 0.3) is 0 Å². The van der Waals surface area contributed by atoms with Crippen molar-refractivity contribution >= 4 is 11.6 Å². The van der Waals surface area contributed by atoms with E-state index in [9.17, 15) is 0 Å². The van der Waals surface area contributed by atoms with Gasteiger partial charge < -0.3 is 9.47 Å². The number of nitrogens with zero attached hydrogens (tertiary/aromatic N) is 1. The maximum atomic E-state index is 8.81. The summed E-state index contributed by atoms with van der Waals surface area (Å²) in [5.41, 5.74) is 5.01. The van der Waals surface area contributed by atoms with E-state index in [1.54, 1.807) is 14.2 Å². The molecule has 0 aliphatic heterocycles. The fraction of sp³-hybridized carbons (Fsp3) is 0.611.